The first-order valence-corrected chi connectivity index (χ1v) is 14.0. The third kappa shape index (κ3) is 4.99. The van der Waals surface area contributed by atoms with Crippen molar-refractivity contribution in [2.24, 2.45) is 0 Å². The standard InChI is InChI=1S/C29H35N3O4S/c1-19(2)36-26-18-22-21(16-25(26)35-4)9-14-32-24(17-23(28(22)32)27-8-5-15-37-27)29(34)31-12-6-10-30(20(3)33)11-7-13-31/h5,8,15-19H,6-7,9-14H2,1-4H3. The number of thiophene rings is 1. The summed E-state index contributed by atoms with van der Waals surface area (Å²) >= 11 is 1.68. The van der Waals surface area contributed by atoms with Crippen molar-refractivity contribution in [3.05, 3.63) is 47.0 Å². The summed E-state index contributed by atoms with van der Waals surface area (Å²) in [7, 11) is 1.67. The molecule has 196 valence electrons. The van der Waals surface area contributed by atoms with Crippen LogP contribution in [0, 0.1) is 0 Å². The molecule has 2 aromatic heterocycles. The van der Waals surface area contributed by atoms with Gasteiger partial charge in [-0.2, -0.15) is 0 Å². The first-order valence-electron chi connectivity index (χ1n) is 13.1. The topological polar surface area (TPSA) is 64.0 Å². The highest BCUT2D eigenvalue weighted by Crippen LogP contribution is 2.45. The minimum absolute atomic E-state index is 0.0160. The van der Waals surface area contributed by atoms with E-state index < -0.39 is 0 Å². The molecule has 7 nitrogen and oxygen atoms in total. The Labute approximate surface area is 222 Å². The molecule has 0 aliphatic carbocycles. The van der Waals surface area contributed by atoms with E-state index in [1.165, 1.54) is 5.56 Å². The van der Waals surface area contributed by atoms with Crippen molar-refractivity contribution in [1.29, 1.82) is 0 Å². The summed E-state index contributed by atoms with van der Waals surface area (Å²) in [5.74, 6) is 1.63. The van der Waals surface area contributed by atoms with Crippen molar-refractivity contribution in [2.45, 2.75) is 52.7 Å². The lowest BCUT2D eigenvalue weighted by atomic mass is 9.95. The van der Waals surface area contributed by atoms with Crippen LogP contribution in [0.2, 0.25) is 0 Å². The Bertz CT molecular complexity index is 1280. The minimum atomic E-state index is 0.0160. The van der Waals surface area contributed by atoms with E-state index >= 15 is 0 Å². The second-order valence-electron chi connectivity index (χ2n) is 10.0. The quantitative estimate of drug-likeness (QED) is 0.456. The summed E-state index contributed by atoms with van der Waals surface area (Å²) in [5, 5.41) is 2.07. The van der Waals surface area contributed by atoms with E-state index in [-0.39, 0.29) is 17.9 Å². The Hall–Kier alpha value is -3.26. The lowest BCUT2D eigenvalue weighted by Gasteiger charge is -2.30. The molecule has 0 unspecified atom stereocenters. The zero-order valence-electron chi connectivity index (χ0n) is 22.1. The van der Waals surface area contributed by atoms with Crippen LogP contribution in [0.25, 0.3) is 21.7 Å². The van der Waals surface area contributed by atoms with Gasteiger partial charge in [0.25, 0.3) is 5.91 Å². The van der Waals surface area contributed by atoms with Crippen molar-refractivity contribution >= 4 is 23.2 Å². The molecule has 5 rings (SSSR count). The van der Waals surface area contributed by atoms with Gasteiger partial charge in [0.2, 0.25) is 5.91 Å². The van der Waals surface area contributed by atoms with Gasteiger partial charge in [-0.05, 0) is 68.3 Å². The first-order chi connectivity index (χ1) is 17.9. The van der Waals surface area contributed by atoms with Gasteiger partial charge in [0, 0.05) is 55.7 Å². The molecule has 2 aliphatic heterocycles. The van der Waals surface area contributed by atoms with Crippen molar-refractivity contribution < 1.29 is 19.1 Å². The van der Waals surface area contributed by atoms with E-state index in [9.17, 15) is 9.59 Å². The molecule has 2 aliphatic rings. The van der Waals surface area contributed by atoms with Crippen LogP contribution in [0.3, 0.4) is 0 Å². The van der Waals surface area contributed by atoms with E-state index in [4.69, 9.17) is 9.47 Å². The number of hydrogen-bond donors (Lipinski definition) is 0. The largest absolute Gasteiger partial charge is 0.493 e. The third-order valence-corrected chi connectivity index (χ3v) is 8.06. The number of amides is 2. The smallest absolute Gasteiger partial charge is 0.270 e. The predicted octanol–water partition coefficient (Wildman–Crippen LogP) is 5.32. The predicted molar refractivity (Wildman–Crippen MR) is 147 cm³/mol. The molecule has 1 fully saturated rings. The monoisotopic (exact) mass is 521 g/mol. The summed E-state index contributed by atoms with van der Waals surface area (Å²) in [6.45, 7) is 9.06. The number of carbonyl (C=O) groups is 2. The normalized spacial score (nSPS) is 15.6. The first kappa shape index (κ1) is 25.4. The number of benzene rings is 1. The number of hydrogen-bond acceptors (Lipinski definition) is 5. The van der Waals surface area contributed by atoms with E-state index in [2.05, 4.69) is 40.3 Å². The SMILES string of the molecule is COc1cc2c(cc1OC(C)C)-c1c(-c3cccs3)cc(C(=O)N3CCCN(C(C)=O)CCC3)n1CC2. The number of ether oxygens (including phenoxy) is 2. The zero-order chi connectivity index (χ0) is 26.1. The Balaban J connectivity index is 1.56. The molecule has 3 aromatic rings. The number of aryl methyl sites for hydroxylation is 1. The fraction of sp³-hybridized carbons (Fsp3) is 0.448. The molecule has 37 heavy (non-hydrogen) atoms. The molecule has 2 amide bonds. The van der Waals surface area contributed by atoms with E-state index in [0.29, 0.717) is 26.2 Å². The van der Waals surface area contributed by atoms with Crippen LogP contribution in [0.15, 0.2) is 35.7 Å². The second-order valence-corrected chi connectivity index (χ2v) is 11.0. The molecular weight excluding hydrogens is 486 g/mol. The average molecular weight is 522 g/mol. The minimum Gasteiger partial charge on any atom is -0.493 e. The molecule has 1 aromatic carbocycles. The lowest BCUT2D eigenvalue weighted by molar-refractivity contribution is -0.129. The van der Waals surface area contributed by atoms with E-state index in [0.717, 1.165) is 64.7 Å². The van der Waals surface area contributed by atoms with Crippen molar-refractivity contribution in [2.75, 3.05) is 33.3 Å². The molecular formula is C29H35N3O4S. The van der Waals surface area contributed by atoms with Gasteiger partial charge < -0.3 is 23.8 Å². The summed E-state index contributed by atoms with van der Waals surface area (Å²) in [5.41, 5.74) is 5.17. The molecule has 1 saturated heterocycles. The Morgan fingerprint density at radius 1 is 0.946 bits per heavy atom. The van der Waals surface area contributed by atoms with Gasteiger partial charge in [-0.3, -0.25) is 9.59 Å². The molecule has 8 heteroatoms. The highest BCUT2D eigenvalue weighted by molar-refractivity contribution is 7.13. The van der Waals surface area contributed by atoms with E-state index in [1.807, 2.05) is 23.6 Å². The number of nitrogens with zero attached hydrogens (tertiary/aromatic N) is 3. The Morgan fingerprint density at radius 2 is 1.68 bits per heavy atom. The number of fused-ring (bicyclic) bond motifs is 3. The van der Waals surface area contributed by atoms with Gasteiger partial charge in [0.15, 0.2) is 11.5 Å². The third-order valence-electron chi connectivity index (χ3n) is 7.16. The average Bonchev–Trinajstić information content (AvgIpc) is 3.51. The lowest BCUT2D eigenvalue weighted by Crippen LogP contribution is -2.41. The highest BCUT2D eigenvalue weighted by atomic mass is 32.1. The molecule has 0 N–H and O–H groups in total. The van der Waals surface area contributed by atoms with Gasteiger partial charge in [-0.25, -0.2) is 0 Å². The van der Waals surface area contributed by atoms with Gasteiger partial charge in [0.1, 0.15) is 5.69 Å². The highest BCUT2D eigenvalue weighted by Gasteiger charge is 2.30. The van der Waals surface area contributed by atoms with Crippen LogP contribution in [0.5, 0.6) is 11.5 Å². The maximum Gasteiger partial charge on any atom is 0.270 e. The van der Waals surface area contributed by atoms with Gasteiger partial charge in [-0.1, -0.05) is 6.07 Å². The molecule has 0 spiro atoms. The summed E-state index contributed by atoms with van der Waals surface area (Å²) in [6, 6.07) is 10.4. The number of carbonyl (C=O) groups excluding carboxylic acids is 2. The molecule has 0 saturated carbocycles. The van der Waals surface area contributed by atoms with Crippen molar-refractivity contribution in [3.8, 4) is 33.2 Å². The summed E-state index contributed by atoms with van der Waals surface area (Å²) in [6.07, 6.45) is 2.40. The van der Waals surface area contributed by atoms with Crippen LogP contribution < -0.4 is 9.47 Å². The zero-order valence-corrected chi connectivity index (χ0v) is 22.9. The van der Waals surface area contributed by atoms with Crippen molar-refractivity contribution in [1.82, 2.24) is 14.4 Å². The summed E-state index contributed by atoms with van der Waals surface area (Å²) < 4.78 is 14.0. The summed E-state index contributed by atoms with van der Waals surface area (Å²) in [4.78, 5) is 30.8. The van der Waals surface area contributed by atoms with Crippen molar-refractivity contribution in [3.63, 3.8) is 0 Å². The van der Waals surface area contributed by atoms with Crippen LogP contribution in [-0.2, 0) is 17.8 Å². The fourth-order valence-electron chi connectivity index (χ4n) is 5.44. The maximum atomic E-state index is 13.9. The second kappa shape index (κ2) is 10.6. The van der Waals surface area contributed by atoms with Crippen LogP contribution in [0.1, 0.15) is 49.7 Å². The van der Waals surface area contributed by atoms with Gasteiger partial charge >= 0.3 is 0 Å². The van der Waals surface area contributed by atoms with Gasteiger partial charge in [0.05, 0.1) is 18.9 Å². The Kier molecular flexibility index (Phi) is 7.29. The van der Waals surface area contributed by atoms with Crippen LogP contribution in [-0.4, -0.2) is 65.6 Å². The van der Waals surface area contributed by atoms with Crippen LogP contribution >= 0.6 is 11.3 Å². The number of rotatable bonds is 5. The Morgan fingerprint density at radius 3 is 2.30 bits per heavy atom. The molecule has 0 atom stereocenters. The number of aromatic nitrogens is 1. The number of methoxy groups -OCH3 is 1. The fourth-order valence-corrected chi connectivity index (χ4v) is 6.19. The molecule has 4 heterocycles. The molecule has 0 bridgehead atoms. The van der Waals surface area contributed by atoms with Crippen LogP contribution in [0.4, 0.5) is 0 Å². The van der Waals surface area contributed by atoms with E-state index in [1.54, 1.807) is 25.4 Å². The maximum absolute atomic E-state index is 13.9. The van der Waals surface area contributed by atoms with Gasteiger partial charge in [-0.15, -0.1) is 11.3 Å². The molecule has 0 radical (unpaired) electrons.